The van der Waals surface area contributed by atoms with Gasteiger partial charge in [-0.3, -0.25) is 4.79 Å². The number of anilines is 1. The van der Waals surface area contributed by atoms with Crippen LogP contribution in [0.5, 0.6) is 5.75 Å². The summed E-state index contributed by atoms with van der Waals surface area (Å²) in [5, 5.41) is 5.10. The van der Waals surface area contributed by atoms with Gasteiger partial charge in [-0.2, -0.15) is 0 Å². The van der Waals surface area contributed by atoms with E-state index in [0.717, 1.165) is 25.8 Å². The number of furan rings is 1. The molecule has 4 nitrogen and oxygen atoms in total. The molecule has 0 aliphatic carbocycles. The van der Waals surface area contributed by atoms with Gasteiger partial charge in [0.05, 0.1) is 0 Å². The number of hydrogen-bond acceptors (Lipinski definition) is 3. The Kier molecular flexibility index (Phi) is 5.11. The van der Waals surface area contributed by atoms with Crippen LogP contribution in [0.1, 0.15) is 16.3 Å². The first-order chi connectivity index (χ1) is 13.2. The number of fused-ring (bicyclic) bond motifs is 1. The Labute approximate surface area is 170 Å². The molecule has 1 N–H and O–H groups in total. The van der Waals surface area contributed by atoms with E-state index in [1.165, 1.54) is 0 Å². The molecule has 0 atom stereocenters. The molecule has 0 aliphatic heterocycles. The maximum absolute atomic E-state index is 12.3. The van der Waals surface area contributed by atoms with Gasteiger partial charge in [-0.25, -0.2) is 0 Å². The van der Waals surface area contributed by atoms with E-state index in [-0.39, 0.29) is 18.3 Å². The summed E-state index contributed by atoms with van der Waals surface area (Å²) >= 11 is 2.22. The molecule has 0 saturated carbocycles. The Hall–Kier alpha value is -2.80. The van der Waals surface area contributed by atoms with Gasteiger partial charge in [-0.05, 0) is 81.9 Å². The number of nitrogens with one attached hydrogen (secondary N) is 1. The van der Waals surface area contributed by atoms with Crippen molar-refractivity contribution in [3.63, 3.8) is 0 Å². The van der Waals surface area contributed by atoms with Gasteiger partial charge in [0.25, 0.3) is 5.91 Å². The van der Waals surface area contributed by atoms with Crippen LogP contribution in [0.2, 0.25) is 0 Å². The molecule has 5 heteroatoms. The Bertz CT molecular complexity index is 1090. The summed E-state index contributed by atoms with van der Waals surface area (Å²) in [6, 6.07) is 25.0. The number of rotatable bonds is 5. The molecule has 0 unspecified atom stereocenters. The van der Waals surface area contributed by atoms with Gasteiger partial charge in [0.2, 0.25) is 0 Å². The molecule has 0 spiro atoms. The second-order valence-corrected chi connectivity index (χ2v) is 7.27. The largest absolute Gasteiger partial charge is 0.486 e. The smallest absolute Gasteiger partial charge is 0.291 e. The monoisotopic (exact) mass is 469 g/mol. The SMILES string of the molecule is O=C(Nc1ccc(I)cc1)c1ccc(COc2ccc3ccccc3c2)o1. The third-order valence-corrected chi connectivity index (χ3v) is 4.81. The lowest BCUT2D eigenvalue weighted by molar-refractivity contribution is 0.0992. The van der Waals surface area contributed by atoms with Gasteiger partial charge in [-0.15, -0.1) is 0 Å². The van der Waals surface area contributed by atoms with Crippen molar-refractivity contribution >= 4 is 45.0 Å². The molecule has 0 aliphatic rings. The minimum absolute atomic E-state index is 0.255. The number of ether oxygens (including phenoxy) is 1. The highest BCUT2D eigenvalue weighted by Crippen LogP contribution is 2.22. The van der Waals surface area contributed by atoms with Crippen molar-refractivity contribution in [1.29, 1.82) is 0 Å². The van der Waals surface area contributed by atoms with Crippen LogP contribution in [0, 0.1) is 3.57 Å². The number of carbonyl (C=O) groups is 1. The molecule has 0 bridgehead atoms. The predicted octanol–water partition coefficient (Wildman–Crippen LogP) is 5.87. The Balaban J connectivity index is 1.39. The van der Waals surface area contributed by atoms with Gasteiger partial charge in [0, 0.05) is 9.26 Å². The molecule has 4 rings (SSSR count). The number of hydrogen-bond donors (Lipinski definition) is 1. The van der Waals surface area contributed by atoms with Gasteiger partial charge in [0.1, 0.15) is 18.1 Å². The lowest BCUT2D eigenvalue weighted by Crippen LogP contribution is -2.10. The average molecular weight is 469 g/mol. The molecule has 0 fully saturated rings. The molecule has 3 aromatic carbocycles. The van der Waals surface area contributed by atoms with Crippen LogP contribution in [0.25, 0.3) is 10.8 Å². The number of amides is 1. The fourth-order valence-electron chi connectivity index (χ4n) is 2.72. The van der Waals surface area contributed by atoms with E-state index in [4.69, 9.17) is 9.15 Å². The van der Waals surface area contributed by atoms with Gasteiger partial charge < -0.3 is 14.5 Å². The Morgan fingerprint density at radius 2 is 1.70 bits per heavy atom. The second kappa shape index (κ2) is 7.84. The lowest BCUT2D eigenvalue weighted by atomic mass is 10.1. The fraction of sp³-hybridized carbons (Fsp3) is 0.0455. The summed E-state index contributed by atoms with van der Waals surface area (Å²) < 4.78 is 12.5. The van der Waals surface area contributed by atoms with Crippen molar-refractivity contribution in [2.24, 2.45) is 0 Å². The van der Waals surface area contributed by atoms with Crippen LogP contribution in [0.4, 0.5) is 5.69 Å². The van der Waals surface area contributed by atoms with Crippen molar-refractivity contribution in [3.8, 4) is 5.75 Å². The maximum Gasteiger partial charge on any atom is 0.291 e. The van der Waals surface area contributed by atoms with E-state index in [0.29, 0.717) is 5.76 Å². The summed E-state index contributed by atoms with van der Waals surface area (Å²) in [4.78, 5) is 12.3. The maximum atomic E-state index is 12.3. The molecule has 27 heavy (non-hydrogen) atoms. The van der Waals surface area contributed by atoms with E-state index in [1.54, 1.807) is 12.1 Å². The first-order valence-corrected chi connectivity index (χ1v) is 9.52. The summed E-state index contributed by atoms with van der Waals surface area (Å²) in [6.07, 6.45) is 0. The molecule has 0 saturated heterocycles. The minimum Gasteiger partial charge on any atom is -0.486 e. The van der Waals surface area contributed by atoms with E-state index in [2.05, 4.69) is 34.0 Å². The number of halogens is 1. The standard InChI is InChI=1S/C22H16INO3/c23-17-6-8-18(9-7-17)24-22(25)21-12-11-20(27-21)14-26-19-10-5-15-3-1-2-4-16(15)13-19/h1-13H,14H2,(H,24,25). The average Bonchev–Trinajstić information content (AvgIpc) is 3.17. The fourth-order valence-corrected chi connectivity index (χ4v) is 3.07. The second-order valence-electron chi connectivity index (χ2n) is 6.02. The van der Waals surface area contributed by atoms with Crippen LogP contribution in [-0.4, -0.2) is 5.91 Å². The normalized spacial score (nSPS) is 10.7. The summed E-state index contributed by atoms with van der Waals surface area (Å²) in [5.74, 6) is 1.32. The zero-order valence-corrected chi connectivity index (χ0v) is 16.5. The van der Waals surface area contributed by atoms with E-state index in [1.807, 2.05) is 60.7 Å². The predicted molar refractivity (Wildman–Crippen MR) is 114 cm³/mol. The molecule has 1 amide bonds. The Morgan fingerprint density at radius 1 is 0.926 bits per heavy atom. The van der Waals surface area contributed by atoms with Crippen LogP contribution in [0.3, 0.4) is 0 Å². The third kappa shape index (κ3) is 4.31. The van der Waals surface area contributed by atoms with Crippen molar-refractivity contribution in [3.05, 3.63) is 94.0 Å². The van der Waals surface area contributed by atoms with Crippen molar-refractivity contribution in [2.45, 2.75) is 6.61 Å². The van der Waals surface area contributed by atoms with E-state index in [9.17, 15) is 4.79 Å². The topological polar surface area (TPSA) is 51.5 Å². The molecule has 134 valence electrons. The highest BCUT2D eigenvalue weighted by molar-refractivity contribution is 14.1. The van der Waals surface area contributed by atoms with Crippen molar-refractivity contribution in [2.75, 3.05) is 5.32 Å². The van der Waals surface area contributed by atoms with Crippen LogP contribution >= 0.6 is 22.6 Å². The highest BCUT2D eigenvalue weighted by Gasteiger charge is 2.12. The van der Waals surface area contributed by atoms with Crippen LogP contribution in [-0.2, 0) is 6.61 Å². The van der Waals surface area contributed by atoms with Crippen molar-refractivity contribution in [1.82, 2.24) is 0 Å². The highest BCUT2D eigenvalue weighted by atomic mass is 127. The minimum atomic E-state index is -0.284. The zero-order valence-electron chi connectivity index (χ0n) is 14.3. The first kappa shape index (κ1) is 17.6. The molecular weight excluding hydrogens is 453 g/mol. The first-order valence-electron chi connectivity index (χ1n) is 8.45. The molecular formula is C22H16INO3. The lowest BCUT2D eigenvalue weighted by Gasteiger charge is -2.06. The van der Waals surface area contributed by atoms with Gasteiger partial charge in [0.15, 0.2) is 5.76 Å². The van der Waals surface area contributed by atoms with Crippen LogP contribution < -0.4 is 10.1 Å². The quantitative estimate of drug-likeness (QED) is 0.372. The summed E-state index contributed by atoms with van der Waals surface area (Å²) in [5.41, 5.74) is 0.728. The molecule has 1 heterocycles. The van der Waals surface area contributed by atoms with Gasteiger partial charge >= 0.3 is 0 Å². The number of benzene rings is 3. The molecule has 1 aromatic heterocycles. The van der Waals surface area contributed by atoms with E-state index < -0.39 is 0 Å². The van der Waals surface area contributed by atoms with Crippen molar-refractivity contribution < 1.29 is 13.9 Å². The summed E-state index contributed by atoms with van der Waals surface area (Å²) in [6.45, 7) is 0.259. The Morgan fingerprint density at radius 3 is 2.52 bits per heavy atom. The summed E-state index contributed by atoms with van der Waals surface area (Å²) in [7, 11) is 0. The van der Waals surface area contributed by atoms with Crippen LogP contribution in [0.15, 0.2) is 83.3 Å². The third-order valence-electron chi connectivity index (χ3n) is 4.09. The molecule has 4 aromatic rings. The molecule has 0 radical (unpaired) electrons. The number of carbonyl (C=O) groups excluding carboxylic acids is 1. The van der Waals surface area contributed by atoms with Gasteiger partial charge in [-0.1, -0.05) is 30.3 Å². The van der Waals surface area contributed by atoms with E-state index >= 15 is 0 Å². The zero-order chi connectivity index (χ0) is 18.6.